The zero-order chi connectivity index (χ0) is 9.80. The lowest BCUT2D eigenvalue weighted by Crippen LogP contribution is -2.00. The van der Waals surface area contributed by atoms with Crippen molar-refractivity contribution in [2.75, 3.05) is 6.61 Å². The monoisotopic (exact) mass is 190 g/mol. The van der Waals surface area contributed by atoms with Gasteiger partial charge in [0.05, 0.1) is 11.7 Å². The predicted molar refractivity (Wildman–Crippen MR) is 56.1 cm³/mol. The van der Waals surface area contributed by atoms with Gasteiger partial charge in [-0.05, 0) is 18.9 Å². The Kier molecular flexibility index (Phi) is 2.79. The van der Waals surface area contributed by atoms with Crippen molar-refractivity contribution in [1.82, 2.24) is 9.78 Å². The summed E-state index contributed by atoms with van der Waals surface area (Å²) in [6.07, 6.45) is 3.70. The van der Waals surface area contributed by atoms with Crippen molar-refractivity contribution in [3.8, 4) is 0 Å². The van der Waals surface area contributed by atoms with Crippen molar-refractivity contribution in [3.63, 3.8) is 0 Å². The molecule has 1 aromatic heterocycles. The molecule has 0 aliphatic heterocycles. The number of aliphatic hydroxyl groups excluding tert-OH is 1. The first-order chi connectivity index (χ1) is 6.92. The molecule has 0 saturated carbocycles. The van der Waals surface area contributed by atoms with E-state index in [9.17, 15) is 0 Å². The van der Waals surface area contributed by atoms with Crippen LogP contribution in [0.2, 0.25) is 0 Å². The molecule has 1 N–H and O–H groups in total. The van der Waals surface area contributed by atoms with Crippen LogP contribution >= 0.6 is 0 Å². The minimum Gasteiger partial charge on any atom is -0.396 e. The molecule has 2 aromatic rings. The largest absolute Gasteiger partial charge is 0.396 e. The molecule has 14 heavy (non-hydrogen) atoms. The number of fused-ring (bicyclic) bond motifs is 1. The number of hydrogen-bond donors (Lipinski definition) is 1. The molecule has 0 amide bonds. The lowest BCUT2D eigenvalue weighted by atomic mass is 10.2. The third-order valence-corrected chi connectivity index (χ3v) is 2.33. The Morgan fingerprint density at radius 2 is 2.07 bits per heavy atom. The second-order valence-electron chi connectivity index (χ2n) is 3.36. The first-order valence-electron chi connectivity index (χ1n) is 4.93. The predicted octanol–water partition coefficient (Wildman–Crippen LogP) is 1.81. The van der Waals surface area contributed by atoms with Crippen molar-refractivity contribution in [2.24, 2.45) is 0 Å². The molecule has 3 heteroatoms. The fraction of sp³-hybridized carbons (Fsp3) is 0.364. The Balaban J connectivity index is 2.17. The van der Waals surface area contributed by atoms with E-state index >= 15 is 0 Å². The van der Waals surface area contributed by atoms with Crippen LogP contribution in [-0.2, 0) is 6.54 Å². The second kappa shape index (κ2) is 4.24. The summed E-state index contributed by atoms with van der Waals surface area (Å²) in [6, 6.07) is 8.17. The normalized spacial score (nSPS) is 10.9. The lowest BCUT2D eigenvalue weighted by molar-refractivity contribution is 0.280. The van der Waals surface area contributed by atoms with Gasteiger partial charge < -0.3 is 5.11 Å². The Bertz CT molecular complexity index is 408. The highest BCUT2D eigenvalue weighted by atomic mass is 16.2. The highest BCUT2D eigenvalue weighted by Gasteiger charge is 1.99. The molecule has 0 fully saturated rings. The van der Waals surface area contributed by atoms with Gasteiger partial charge in [0.15, 0.2) is 0 Å². The number of unbranched alkanes of at least 4 members (excludes halogenated alkanes) is 1. The average Bonchev–Trinajstić information content (AvgIpc) is 2.63. The van der Waals surface area contributed by atoms with Crippen molar-refractivity contribution >= 4 is 10.9 Å². The van der Waals surface area contributed by atoms with Crippen LogP contribution in [0.3, 0.4) is 0 Å². The number of aryl methyl sites for hydroxylation is 1. The van der Waals surface area contributed by atoms with E-state index in [2.05, 4.69) is 17.2 Å². The standard InChI is InChI=1S/C11H14N2O/c14-8-4-3-7-13-11-6-2-1-5-10(11)9-12-13/h1-2,5-6,9,14H,3-4,7-8H2. The van der Waals surface area contributed by atoms with Gasteiger partial charge in [0.1, 0.15) is 0 Å². The number of aromatic nitrogens is 2. The van der Waals surface area contributed by atoms with E-state index in [-0.39, 0.29) is 6.61 Å². The average molecular weight is 190 g/mol. The van der Waals surface area contributed by atoms with Gasteiger partial charge in [-0.1, -0.05) is 18.2 Å². The molecule has 0 spiro atoms. The maximum absolute atomic E-state index is 8.68. The molecule has 3 nitrogen and oxygen atoms in total. The van der Waals surface area contributed by atoms with Crippen LogP contribution in [-0.4, -0.2) is 21.5 Å². The van der Waals surface area contributed by atoms with E-state index in [0.29, 0.717) is 0 Å². The van der Waals surface area contributed by atoms with Crippen molar-refractivity contribution in [3.05, 3.63) is 30.5 Å². The quantitative estimate of drug-likeness (QED) is 0.747. The summed E-state index contributed by atoms with van der Waals surface area (Å²) in [6.45, 7) is 1.15. The summed E-state index contributed by atoms with van der Waals surface area (Å²) < 4.78 is 1.99. The summed E-state index contributed by atoms with van der Waals surface area (Å²) in [4.78, 5) is 0. The Morgan fingerprint density at radius 1 is 1.21 bits per heavy atom. The number of benzene rings is 1. The van der Waals surface area contributed by atoms with Crippen molar-refractivity contribution < 1.29 is 5.11 Å². The number of hydrogen-bond acceptors (Lipinski definition) is 2. The van der Waals surface area contributed by atoms with E-state index in [1.165, 1.54) is 10.9 Å². The fourth-order valence-corrected chi connectivity index (χ4v) is 1.58. The first kappa shape index (κ1) is 9.21. The van der Waals surface area contributed by atoms with Gasteiger partial charge in [-0.2, -0.15) is 5.10 Å². The third kappa shape index (κ3) is 1.77. The van der Waals surface area contributed by atoms with Crippen LogP contribution in [0.15, 0.2) is 30.5 Å². The van der Waals surface area contributed by atoms with Crippen LogP contribution in [0.25, 0.3) is 10.9 Å². The van der Waals surface area contributed by atoms with Gasteiger partial charge in [-0.3, -0.25) is 4.68 Å². The van der Waals surface area contributed by atoms with Crippen LogP contribution in [0.1, 0.15) is 12.8 Å². The Hall–Kier alpha value is -1.35. The summed E-state index contributed by atoms with van der Waals surface area (Å²) in [5.74, 6) is 0. The maximum Gasteiger partial charge on any atom is 0.0682 e. The molecule has 0 aliphatic carbocycles. The van der Waals surface area contributed by atoms with Gasteiger partial charge in [0.25, 0.3) is 0 Å². The molecule has 0 aliphatic rings. The number of aliphatic hydroxyl groups is 1. The van der Waals surface area contributed by atoms with Crippen LogP contribution in [0.5, 0.6) is 0 Å². The molecule has 1 heterocycles. The highest BCUT2D eigenvalue weighted by Crippen LogP contribution is 2.12. The summed E-state index contributed by atoms with van der Waals surface area (Å²) >= 11 is 0. The molecular weight excluding hydrogens is 176 g/mol. The third-order valence-electron chi connectivity index (χ3n) is 2.33. The van der Waals surface area contributed by atoms with Gasteiger partial charge in [0.2, 0.25) is 0 Å². The van der Waals surface area contributed by atoms with Gasteiger partial charge >= 0.3 is 0 Å². The van der Waals surface area contributed by atoms with E-state index in [4.69, 9.17) is 5.11 Å². The lowest BCUT2D eigenvalue weighted by Gasteiger charge is -2.01. The maximum atomic E-state index is 8.68. The van der Waals surface area contributed by atoms with Gasteiger partial charge in [0, 0.05) is 18.5 Å². The molecule has 2 rings (SSSR count). The minimum absolute atomic E-state index is 0.263. The Morgan fingerprint density at radius 3 is 2.93 bits per heavy atom. The zero-order valence-corrected chi connectivity index (χ0v) is 8.06. The fourth-order valence-electron chi connectivity index (χ4n) is 1.58. The van der Waals surface area contributed by atoms with Crippen LogP contribution in [0, 0.1) is 0 Å². The molecule has 0 atom stereocenters. The molecule has 0 radical (unpaired) electrons. The molecule has 1 aromatic carbocycles. The molecule has 0 bridgehead atoms. The summed E-state index contributed by atoms with van der Waals surface area (Å²) in [7, 11) is 0. The van der Waals surface area contributed by atoms with Crippen molar-refractivity contribution in [2.45, 2.75) is 19.4 Å². The molecular formula is C11H14N2O. The molecule has 74 valence electrons. The van der Waals surface area contributed by atoms with Crippen molar-refractivity contribution in [1.29, 1.82) is 0 Å². The van der Waals surface area contributed by atoms with E-state index < -0.39 is 0 Å². The number of para-hydroxylation sites is 1. The topological polar surface area (TPSA) is 38.0 Å². The van der Waals surface area contributed by atoms with Gasteiger partial charge in [-0.25, -0.2) is 0 Å². The zero-order valence-electron chi connectivity index (χ0n) is 8.06. The summed E-state index contributed by atoms with van der Waals surface area (Å²) in [5, 5.41) is 14.2. The second-order valence-corrected chi connectivity index (χ2v) is 3.36. The molecule has 0 saturated heterocycles. The summed E-state index contributed by atoms with van der Waals surface area (Å²) in [5.41, 5.74) is 1.17. The smallest absolute Gasteiger partial charge is 0.0682 e. The number of nitrogens with zero attached hydrogens (tertiary/aromatic N) is 2. The van der Waals surface area contributed by atoms with Gasteiger partial charge in [-0.15, -0.1) is 0 Å². The SMILES string of the molecule is OCCCCn1ncc2ccccc21. The van der Waals surface area contributed by atoms with E-state index in [1.54, 1.807) is 0 Å². The van der Waals surface area contributed by atoms with Crippen LogP contribution in [0.4, 0.5) is 0 Å². The van der Waals surface area contributed by atoms with E-state index in [1.807, 2.05) is 23.0 Å². The van der Waals surface area contributed by atoms with E-state index in [0.717, 1.165) is 19.4 Å². The molecule has 0 unspecified atom stereocenters. The first-order valence-corrected chi connectivity index (χ1v) is 4.93. The number of rotatable bonds is 4. The van der Waals surface area contributed by atoms with Crippen LogP contribution < -0.4 is 0 Å². The Labute approximate surface area is 83.0 Å². The highest BCUT2D eigenvalue weighted by molar-refractivity contribution is 5.78. The minimum atomic E-state index is 0.263.